The number of rotatable bonds is 6. The first-order chi connectivity index (χ1) is 10.1. The molecule has 0 saturated heterocycles. The molecule has 4 nitrogen and oxygen atoms in total. The number of hydrogen-bond acceptors (Lipinski definition) is 4. The Kier molecular flexibility index (Phi) is 5.04. The van der Waals surface area contributed by atoms with Crippen LogP contribution in [0.1, 0.15) is 40.7 Å². The van der Waals surface area contributed by atoms with Gasteiger partial charge in [0.2, 0.25) is 0 Å². The van der Waals surface area contributed by atoms with Gasteiger partial charge in [-0.1, -0.05) is 24.6 Å². The highest BCUT2D eigenvalue weighted by Crippen LogP contribution is 2.21. The minimum absolute atomic E-state index is 0.0712. The molecule has 0 N–H and O–H groups in total. The summed E-state index contributed by atoms with van der Waals surface area (Å²) in [6.07, 6.45) is 5.23. The van der Waals surface area contributed by atoms with Crippen molar-refractivity contribution >= 4 is 5.78 Å². The highest BCUT2D eigenvalue weighted by molar-refractivity contribution is 5.95. The number of aromatic nitrogens is 2. The number of carbonyl (C=O) groups excluding carboxylic acids is 1. The van der Waals surface area contributed by atoms with E-state index in [0.29, 0.717) is 12.0 Å². The van der Waals surface area contributed by atoms with E-state index in [2.05, 4.69) is 23.0 Å². The molecular formula is C17H20N2O2. The zero-order chi connectivity index (χ0) is 15.2. The summed E-state index contributed by atoms with van der Waals surface area (Å²) in [6, 6.07) is 6.13. The highest BCUT2D eigenvalue weighted by atomic mass is 16.5. The average Bonchev–Trinajstić information content (AvgIpc) is 2.52. The molecular weight excluding hydrogens is 264 g/mol. The maximum absolute atomic E-state index is 11.5. The second-order valence-electron chi connectivity index (χ2n) is 4.98. The highest BCUT2D eigenvalue weighted by Gasteiger charge is 2.07. The van der Waals surface area contributed by atoms with E-state index in [1.54, 1.807) is 19.5 Å². The van der Waals surface area contributed by atoms with Crippen LogP contribution >= 0.6 is 0 Å². The lowest BCUT2D eigenvalue weighted by atomic mass is 10.1. The van der Waals surface area contributed by atoms with Crippen LogP contribution in [0.3, 0.4) is 0 Å². The molecule has 4 heteroatoms. The van der Waals surface area contributed by atoms with Gasteiger partial charge in [-0.3, -0.25) is 4.79 Å². The summed E-state index contributed by atoms with van der Waals surface area (Å²) in [5.74, 6) is 1.70. The van der Waals surface area contributed by atoms with Gasteiger partial charge in [0.25, 0.3) is 0 Å². The van der Waals surface area contributed by atoms with Crippen LogP contribution < -0.4 is 4.74 Å². The van der Waals surface area contributed by atoms with Gasteiger partial charge in [0, 0.05) is 25.2 Å². The third-order valence-electron chi connectivity index (χ3n) is 3.40. The normalized spacial score (nSPS) is 10.4. The summed E-state index contributed by atoms with van der Waals surface area (Å²) in [7, 11) is 1.68. The number of Topliss-reactive ketones (excluding diaryl/α,β-unsaturated/α-hetero) is 1. The first kappa shape index (κ1) is 15.2. The minimum atomic E-state index is 0.0712. The molecule has 0 saturated carbocycles. The smallest absolute Gasteiger partial charge is 0.165 e. The number of hydrogen-bond donors (Lipinski definition) is 0. The monoisotopic (exact) mass is 284 g/mol. The summed E-state index contributed by atoms with van der Waals surface area (Å²) >= 11 is 0. The van der Waals surface area contributed by atoms with Crippen molar-refractivity contribution in [3.8, 4) is 5.75 Å². The standard InChI is InChI=1S/C17H20N2O2/c1-4-15(20)14-10-18-17(19-11-14)8-6-13-9-12(2)5-7-16(13)21-3/h5,7,9-11H,4,6,8H2,1-3H3. The Labute approximate surface area is 125 Å². The second kappa shape index (κ2) is 6.97. The molecule has 2 aromatic rings. The molecule has 0 bridgehead atoms. The molecule has 0 unspecified atom stereocenters. The molecule has 0 fully saturated rings. The van der Waals surface area contributed by atoms with Crippen LogP contribution in [0, 0.1) is 6.92 Å². The predicted octanol–water partition coefficient (Wildman–Crippen LogP) is 3.17. The maximum Gasteiger partial charge on any atom is 0.165 e. The quantitative estimate of drug-likeness (QED) is 0.765. The third kappa shape index (κ3) is 3.88. The van der Waals surface area contributed by atoms with E-state index >= 15 is 0 Å². The van der Waals surface area contributed by atoms with Crippen molar-refractivity contribution in [2.24, 2.45) is 0 Å². The summed E-state index contributed by atoms with van der Waals surface area (Å²) in [5.41, 5.74) is 2.93. The molecule has 0 aliphatic rings. The molecule has 110 valence electrons. The molecule has 0 radical (unpaired) electrons. The first-order valence-corrected chi connectivity index (χ1v) is 7.11. The topological polar surface area (TPSA) is 52.1 Å². The Morgan fingerprint density at radius 1 is 1.19 bits per heavy atom. The van der Waals surface area contributed by atoms with Crippen LogP contribution in [0.15, 0.2) is 30.6 Å². The van der Waals surface area contributed by atoms with E-state index in [4.69, 9.17) is 4.74 Å². The molecule has 0 atom stereocenters. The van der Waals surface area contributed by atoms with Crippen LogP contribution in [0.2, 0.25) is 0 Å². The van der Waals surface area contributed by atoms with Gasteiger partial charge in [-0.25, -0.2) is 9.97 Å². The van der Waals surface area contributed by atoms with Crippen molar-refractivity contribution < 1.29 is 9.53 Å². The summed E-state index contributed by atoms with van der Waals surface area (Å²) < 4.78 is 5.37. The number of benzene rings is 1. The van der Waals surface area contributed by atoms with Gasteiger partial charge >= 0.3 is 0 Å². The molecule has 1 aromatic carbocycles. The van der Waals surface area contributed by atoms with Crippen LogP contribution in [-0.2, 0) is 12.8 Å². The van der Waals surface area contributed by atoms with E-state index in [1.165, 1.54) is 5.56 Å². The van der Waals surface area contributed by atoms with Crippen molar-refractivity contribution in [2.45, 2.75) is 33.1 Å². The van der Waals surface area contributed by atoms with Crippen LogP contribution in [0.25, 0.3) is 0 Å². The predicted molar refractivity (Wildman–Crippen MR) is 81.8 cm³/mol. The fourth-order valence-electron chi connectivity index (χ4n) is 2.18. The number of nitrogens with zero attached hydrogens (tertiary/aromatic N) is 2. The van der Waals surface area contributed by atoms with Crippen molar-refractivity contribution in [3.63, 3.8) is 0 Å². The average molecular weight is 284 g/mol. The Balaban J connectivity index is 2.06. The van der Waals surface area contributed by atoms with Crippen molar-refractivity contribution in [1.29, 1.82) is 0 Å². The number of ketones is 1. The molecule has 0 spiro atoms. The molecule has 0 aliphatic heterocycles. The van der Waals surface area contributed by atoms with Gasteiger partial charge in [0.15, 0.2) is 5.78 Å². The van der Waals surface area contributed by atoms with E-state index < -0.39 is 0 Å². The number of ether oxygens (including phenoxy) is 1. The second-order valence-corrected chi connectivity index (χ2v) is 4.98. The molecule has 21 heavy (non-hydrogen) atoms. The molecule has 0 amide bonds. The zero-order valence-electron chi connectivity index (χ0n) is 12.7. The van der Waals surface area contributed by atoms with Gasteiger partial charge < -0.3 is 4.74 Å². The molecule has 2 rings (SSSR count). The lowest BCUT2D eigenvalue weighted by molar-refractivity contribution is 0.0987. The number of methoxy groups -OCH3 is 1. The summed E-state index contributed by atoms with van der Waals surface area (Å²) in [4.78, 5) is 20.1. The lowest BCUT2D eigenvalue weighted by Gasteiger charge is -2.09. The summed E-state index contributed by atoms with van der Waals surface area (Å²) in [5, 5.41) is 0. The third-order valence-corrected chi connectivity index (χ3v) is 3.40. The van der Waals surface area contributed by atoms with Gasteiger partial charge in [-0.2, -0.15) is 0 Å². The van der Waals surface area contributed by atoms with Gasteiger partial charge in [0.05, 0.1) is 12.7 Å². The van der Waals surface area contributed by atoms with Crippen LogP contribution in [-0.4, -0.2) is 22.9 Å². The Hall–Kier alpha value is -2.23. The Bertz CT molecular complexity index is 621. The summed E-state index contributed by atoms with van der Waals surface area (Å²) in [6.45, 7) is 3.89. The van der Waals surface area contributed by atoms with Crippen molar-refractivity contribution in [2.75, 3.05) is 7.11 Å². The fraction of sp³-hybridized carbons (Fsp3) is 0.353. The van der Waals surface area contributed by atoms with E-state index in [9.17, 15) is 4.79 Å². The van der Waals surface area contributed by atoms with Gasteiger partial charge in [-0.05, 0) is 25.0 Å². The molecule has 1 aromatic heterocycles. The van der Waals surface area contributed by atoms with E-state index in [-0.39, 0.29) is 5.78 Å². The first-order valence-electron chi connectivity index (χ1n) is 7.11. The van der Waals surface area contributed by atoms with Crippen LogP contribution in [0.5, 0.6) is 5.75 Å². The minimum Gasteiger partial charge on any atom is -0.496 e. The fourth-order valence-corrected chi connectivity index (χ4v) is 2.18. The van der Waals surface area contributed by atoms with Gasteiger partial charge in [0.1, 0.15) is 11.6 Å². The van der Waals surface area contributed by atoms with E-state index in [1.807, 2.05) is 19.1 Å². The Morgan fingerprint density at radius 2 is 1.90 bits per heavy atom. The van der Waals surface area contributed by atoms with Crippen molar-refractivity contribution in [1.82, 2.24) is 9.97 Å². The largest absolute Gasteiger partial charge is 0.496 e. The van der Waals surface area contributed by atoms with Gasteiger partial charge in [-0.15, -0.1) is 0 Å². The maximum atomic E-state index is 11.5. The zero-order valence-corrected chi connectivity index (χ0v) is 12.7. The lowest BCUT2D eigenvalue weighted by Crippen LogP contribution is -2.03. The Morgan fingerprint density at radius 3 is 2.52 bits per heavy atom. The van der Waals surface area contributed by atoms with Crippen LogP contribution in [0.4, 0.5) is 0 Å². The van der Waals surface area contributed by atoms with E-state index in [0.717, 1.165) is 30.0 Å². The number of carbonyl (C=O) groups is 1. The SMILES string of the molecule is CCC(=O)c1cnc(CCc2cc(C)ccc2OC)nc1. The van der Waals surface area contributed by atoms with Crippen molar-refractivity contribution in [3.05, 3.63) is 53.1 Å². The molecule has 0 aliphatic carbocycles. The number of aryl methyl sites for hydroxylation is 3. The molecule has 1 heterocycles.